The molecule has 1 atom stereocenters. The number of nitrogens with one attached hydrogen (secondary N) is 2. The first-order chi connectivity index (χ1) is 11.1. The van der Waals surface area contributed by atoms with Crippen molar-refractivity contribution in [2.24, 2.45) is 5.92 Å². The van der Waals surface area contributed by atoms with Crippen LogP contribution in [-0.2, 0) is 0 Å². The van der Waals surface area contributed by atoms with E-state index in [2.05, 4.69) is 22.6 Å². The van der Waals surface area contributed by atoms with Gasteiger partial charge in [0.25, 0.3) is 11.8 Å². The summed E-state index contributed by atoms with van der Waals surface area (Å²) >= 11 is 0. The van der Waals surface area contributed by atoms with Gasteiger partial charge < -0.3 is 15.5 Å². The van der Waals surface area contributed by atoms with Crippen LogP contribution in [0.4, 0.5) is 0 Å². The average molecular weight is 315 g/mol. The van der Waals surface area contributed by atoms with E-state index in [-0.39, 0.29) is 11.8 Å². The molecule has 23 heavy (non-hydrogen) atoms. The molecular formula is C18H25N3O2. The quantitative estimate of drug-likeness (QED) is 0.839. The Morgan fingerprint density at radius 1 is 1.09 bits per heavy atom. The van der Waals surface area contributed by atoms with Crippen molar-refractivity contribution in [1.29, 1.82) is 0 Å². The Labute approximate surface area is 137 Å². The maximum atomic E-state index is 12.3. The molecule has 1 aliphatic heterocycles. The van der Waals surface area contributed by atoms with Crippen LogP contribution < -0.4 is 10.6 Å². The van der Waals surface area contributed by atoms with E-state index >= 15 is 0 Å². The van der Waals surface area contributed by atoms with Gasteiger partial charge in [-0.25, -0.2) is 0 Å². The third-order valence-electron chi connectivity index (χ3n) is 4.80. The lowest BCUT2D eigenvalue weighted by Crippen LogP contribution is -2.38. The fourth-order valence-corrected chi connectivity index (χ4v) is 3.01. The predicted octanol–water partition coefficient (Wildman–Crippen LogP) is 1.65. The first-order valence-corrected chi connectivity index (χ1v) is 8.50. The smallest absolute Gasteiger partial charge is 0.251 e. The van der Waals surface area contributed by atoms with Crippen molar-refractivity contribution >= 4 is 11.8 Å². The van der Waals surface area contributed by atoms with Crippen LogP contribution in [0.5, 0.6) is 0 Å². The van der Waals surface area contributed by atoms with Gasteiger partial charge in [0, 0.05) is 30.3 Å². The molecule has 1 heterocycles. The zero-order valence-electron chi connectivity index (χ0n) is 13.7. The zero-order valence-corrected chi connectivity index (χ0v) is 13.7. The summed E-state index contributed by atoms with van der Waals surface area (Å²) in [6.45, 7) is 2.49. The summed E-state index contributed by atoms with van der Waals surface area (Å²) in [5.74, 6) is 0.443. The Balaban J connectivity index is 1.54. The fourth-order valence-electron chi connectivity index (χ4n) is 3.01. The number of likely N-dealkylation sites (N-methyl/N-ethyl adjacent to an activating group) is 1. The van der Waals surface area contributed by atoms with Crippen molar-refractivity contribution in [2.45, 2.75) is 31.7 Å². The van der Waals surface area contributed by atoms with Gasteiger partial charge in [-0.3, -0.25) is 9.59 Å². The number of carbonyl (C=O) groups is 2. The van der Waals surface area contributed by atoms with E-state index in [1.807, 2.05) is 0 Å². The summed E-state index contributed by atoms with van der Waals surface area (Å²) in [7, 11) is 2.09. The molecule has 2 amide bonds. The van der Waals surface area contributed by atoms with E-state index in [1.165, 1.54) is 19.3 Å². The van der Waals surface area contributed by atoms with Crippen molar-refractivity contribution < 1.29 is 9.59 Å². The van der Waals surface area contributed by atoms with Gasteiger partial charge in [0.05, 0.1) is 0 Å². The first-order valence-electron chi connectivity index (χ1n) is 8.50. The Bertz CT molecular complexity index is 583. The highest BCUT2D eigenvalue weighted by Crippen LogP contribution is 2.27. The van der Waals surface area contributed by atoms with Crippen LogP contribution in [0.2, 0.25) is 0 Å². The number of benzene rings is 1. The summed E-state index contributed by atoms with van der Waals surface area (Å²) < 4.78 is 0. The van der Waals surface area contributed by atoms with Gasteiger partial charge >= 0.3 is 0 Å². The van der Waals surface area contributed by atoms with Crippen LogP contribution in [0.1, 0.15) is 46.4 Å². The maximum absolute atomic E-state index is 12.3. The van der Waals surface area contributed by atoms with Crippen LogP contribution in [0, 0.1) is 5.92 Å². The largest absolute Gasteiger partial charge is 0.352 e. The molecule has 0 bridgehead atoms. The summed E-state index contributed by atoms with van der Waals surface area (Å²) in [6, 6.07) is 7.37. The lowest BCUT2D eigenvalue weighted by molar-refractivity contribution is 0.0943. The SMILES string of the molecule is CN1CCC[C@H]1CNC(=O)c1cccc(C(=O)NCC2CC2)c1. The highest BCUT2D eigenvalue weighted by molar-refractivity contribution is 5.99. The van der Waals surface area contributed by atoms with Crippen molar-refractivity contribution in [3.05, 3.63) is 35.4 Å². The molecule has 3 rings (SSSR count). The van der Waals surface area contributed by atoms with Crippen LogP contribution in [0.25, 0.3) is 0 Å². The zero-order chi connectivity index (χ0) is 16.2. The van der Waals surface area contributed by atoms with Gasteiger partial charge in [-0.1, -0.05) is 6.07 Å². The normalized spacial score (nSPS) is 21.2. The van der Waals surface area contributed by atoms with Gasteiger partial charge in [-0.2, -0.15) is 0 Å². The molecule has 2 fully saturated rings. The second-order valence-electron chi connectivity index (χ2n) is 6.72. The Morgan fingerprint density at radius 2 is 1.74 bits per heavy atom. The van der Waals surface area contributed by atoms with Gasteiger partial charge in [0.2, 0.25) is 0 Å². The average Bonchev–Trinajstić information content (AvgIpc) is 3.31. The Kier molecular flexibility index (Phi) is 4.96. The number of rotatable bonds is 6. The molecule has 124 valence electrons. The summed E-state index contributed by atoms with van der Waals surface area (Å²) in [5, 5.41) is 5.92. The number of nitrogens with zero attached hydrogens (tertiary/aromatic N) is 1. The molecule has 1 saturated heterocycles. The van der Waals surface area contributed by atoms with Gasteiger partial charge in [-0.05, 0) is 63.4 Å². The highest BCUT2D eigenvalue weighted by atomic mass is 16.2. The summed E-state index contributed by atoms with van der Waals surface area (Å²) in [4.78, 5) is 26.7. The minimum Gasteiger partial charge on any atom is -0.352 e. The van der Waals surface area contributed by atoms with Crippen molar-refractivity contribution in [2.75, 3.05) is 26.7 Å². The second kappa shape index (κ2) is 7.13. The van der Waals surface area contributed by atoms with E-state index in [9.17, 15) is 9.59 Å². The number of likely N-dealkylation sites (tertiary alicyclic amines) is 1. The van der Waals surface area contributed by atoms with E-state index in [4.69, 9.17) is 0 Å². The summed E-state index contributed by atoms with van der Waals surface area (Å²) in [5.41, 5.74) is 1.10. The summed E-state index contributed by atoms with van der Waals surface area (Å²) in [6.07, 6.45) is 4.73. The standard InChI is InChI=1S/C18H25N3O2/c1-21-9-3-6-16(21)12-20-18(23)15-5-2-4-14(10-15)17(22)19-11-13-7-8-13/h2,4-5,10,13,16H,3,6-9,11-12H2,1H3,(H,19,22)(H,20,23)/t16-/m0/s1. The molecule has 5 heteroatoms. The molecule has 5 nitrogen and oxygen atoms in total. The molecule has 0 radical (unpaired) electrons. The Hall–Kier alpha value is -1.88. The van der Waals surface area contributed by atoms with Gasteiger partial charge in [0.1, 0.15) is 0 Å². The molecule has 2 N–H and O–H groups in total. The molecule has 1 aromatic carbocycles. The first kappa shape index (κ1) is 16.0. The number of carbonyl (C=O) groups excluding carboxylic acids is 2. The monoisotopic (exact) mass is 315 g/mol. The van der Waals surface area contributed by atoms with Crippen molar-refractivity contribution in [1.82, 2.24) is 15.5 Å². The number of amides is 2. The van der Waals surface area contributed by atoms with Gasteiger partial charge in [-0.15, -0.1) is 0 Å². The Morgan fingerprint density at radius 3 is 2.30 bits per heavy atom. The minimum atomic E-state index is -0.109. The minimum absolute atomic E-state index is 0.0953. The number of hydrogen-bond donors (Lipinski definition) is 2. The highest BCUT2D eigenvalue weighted by Gasteiger charge is 2.23. The van der Waals surface area contributed by atoms with Crippen molar-refractivity contribution in [3.8, 4) is 0 Å². The molecule has 1 aromatic rings. The molecule has 0 aromatic heterocycles. The van der Waals surface area contributed by atoms with Crippen LogP contribution in [0.15, 0.2) is 24.3 Å². The van der Waals surface area contributed by atoms with Crippen LogP contribution in [0.3, 0.4) is 0 Å². The lowest BCUT2D eigenvalue weighted by Gasteiger charge is -2.19. The van der Waals surface area contributed by atoms with E-state index < -0.39 is 0 Å². The van der Waals surface area contributed by atoms with Crippen LogP contribution >= 0.6 is 0 Å². The third-order valence-corrected chi connectivity index (χ3v) is 4.80. The molecule has 2 aliphatic rings. The predicted molar refractivity (Wildman–Crippen MR) is 89.5 cm³/mol. The van der Waals surface area contributed by atoms with E-state index in [1.54, 1.807) is 24.3 Å². The molecule has 0 unspecified atom stereocenters. The van der Waals surface area contributed by atoms with E-state index in [0.29, 0.717) is 29.6 Å². The fraction of sp³-hybridized carbons (Fsp3) is 0.556. The molecular weight excluding hydrogens is 290 g/mol. The lowest BCUT2D eigenvalue weighted by atomic mass is 10.1. The third kappa shape index (κ3) is 4.32. The molecule has 0 spiro atoms. The van der Waals surface area contributed by atoms with Gasteiger partial charge in [0.15, 0.2) is 0 Å². The molecule has 1 aliphatic carbocycles. The van der Waals surface area contributed by atoms with Crippen LogP contribution in [-0.4, -0.2) is 49.4 Å². The number of hydrogen-bond acceptors (Lipinski definition) is 3. The molecule has 1 saturated carbocycles. The topological polar surface area (TPSA) is 61.4 Å². The van der Waals surface area contributed by atoms with E-state index in [0.717, 1.165) is 19.5 Å². The van der Waals surface area contributed by atoms with Crippen molar-refractivity contribution in [3.63, 3.8) is 0 Å². The second-order valence-corrected chi connectivity index (χ2v) is 6.72. The maximum Gasteiger partial charge on any atom is 0.251 e.